The normalized spacial score (nSPS) is 11.7. The van der Waals surface area contributed by atoms with Gasteiger partial charge in [-0.2, -0.15) is 0 Å². The highest BCUT2D eigenvalue weighted by Gasteiger charge is 2.26. The van der Waals surface area contributed by atoms with Gasteiger partial charge in [-0.3, -0.25) is 9.59 Å². The number of aryl methyl sites for hydroxylation is 2. The first-order valence-electron chi connectivity index (χ1n) is 9.44. The molecule has 0 aliphatic heterocycles. The van der Waals surface area contributed by atoms with Crippen molar-refractivity contribution in [2.24, 2.45) is 0 Å². The van der Waals surface area contributed by atoms with Crippen molar-refractivity contribution >= 4 is 35.0 Å². The molecule has 1 N–H and O–H groups in total. The van der Waals surface area contributed by atoms with Crippen LogP contribution in [0.1, 0.15) is 30.5 Å². The smallest absolute Gasteiger partial charge is 0.261 e. The molecule has 2 rings (SSSR count). The molecule has 156 valence electrons. The third kappa shape index (κ3) is 6.38. The van der Waals surface area contributed by atoms with E-state index in [0.29, 0.717) is 22.3 Å². The third-order valence-electron chi connectivity index (χ3n) is 4.54. The molecule has 2 aromatic rings. The molecule has 2 amide bonds. The summed E-state index contributed by atoms with van der Waals surface area (Å²) in [6.07, 6.45) is 0. The highest BCUT2D eigenvalue weighted by atomic mass is 35.5. The number of carbonyl (C=O) groups excluding carboxylic acids is 2. The van der Waals surface area contributed by atoms with Crippen molar-refractivity contribution in [2.45, 2.75) is 40.3 Å². The summed E-state index contributed by atoms with van der Waals surface area (Å²) in [5, 5.41) is 3.59. The Balaban J connectivity index is 2.19. The molecule has 1 atom stereocenters. The van der Waals surface area contributed by atoms with Gasteiger partial charge in [-0.05, 0) is 57.0 Å². The lowest BCUT2D eigenvalue weighted by Crippen LogP contribution is -2.49. The van der Waals surface area contributed by atoms with Gasteiger partial charge in [0.05, 0.1) is 10.0 Å². The molecule has 0 bridgehead atoms. The van der Waals surface area contributed by atoms with Crippen LogP contribution in [0, 0.1) is 13.8 Å². The van der Waals surface area contributed by atoms with Gasteiger partial charge in [0, 0.05) is 13.1 Å². The first-order valence-corrected chi connectivity index (χ1v) is 10.2. The SMILES string of the molecule is CCNC(=O)[C@@H](C)N(Cc1ccc(Cl)c(Cl)c1)C(=O)COc1ccc(C)cc1C. The second kappa shape index (κ2) is 10.5. The van der Waals surface area contributed by atoms with Crippen LogP contribution in [0.15, 0.2) is 36.4 Å². The zero-order valence-electron chi connectivity index (χ0n) is 17.1. The number of hydrogen-bond acceptors (Lipinski definition) is 3. The Morgan fingerprint density at radius 3 is 2.45 bits per heavy atom. The van der Waals surface area contributed by atoms with Gasteiger partial charge in [0.15, 0.2) is 6.61 Å². The van der Waals surface area contributed by atoms with Crippen LogP contribution >= 0.6 is 23.2 Å². The fraction of sp³-hybridized carbons (Fsp3) is 0.364. The van der Waals surface area contributed by atoms with Crippen molar-refractivity contribution in [1.82, 2.24) is 10.2 Å². The lowest BCUT2D eigenvalue weighted by molar-refractivity contribution is -0.142. The zero-order valence-corrected chi connectivity index (χ0v) is 18.6. The molecule has 0 spiro atoms. The summed E-state index contributed by atoms with van der Waals surface area (Å²) < 4.78 is 5.73. The second-order valence-corrected chi connectivity index (χ2v) is 7.71. The van der Waals surface area contributed by atoms with Gasteiger partial charge < -0.3 is 15.0 Å². The quantitative estimate of drug-likeness (QED) is 0.660. The van der Waals surface area contributed by atoms with Crippen LogP contribution in [-0.2, 0) is 16.1 Å². The second-order valence-electron chi connectivity index (χ2n) is 6.90. The van der Waals surface area contributed by atoms with Gasteiger partial charge in [-0.15, -0.1) is 0 Å². The fourth-order valence-corrected chi connectivity index (χ4v) is 3.24. The molecule has 0 aromatic heterocycles. The molecule has 0 saturated carbocycles. The van der Waals surface area contributed by atoms with Gasteiger partial charge in [0.2, 0.25) is 5.91 Å². The third-order valence-corrected chi connectivity index (χ3v) is 5.28. The van der Waals surface area contributed by atoms with Crippen molar-refractivity contribution in [1.29, 1.82) is 0 Å². The molecule has 2 aromatic carbocycles. The molecule has 7 heteroatoms. The van der Waals surface area contributed by atoms with E-state index in [-0.39, 0.29) is 25.0 Å². The Hall–Kier alpha value is -2.24. The number of hydrogen-bond donors (Lipinski definition) is 1. The Labute approximate surface area is 181 Å². The van der Waals surface area contributed by atoms with Gasteiger partial charge in [0.25, 0.3) is 5.91 Å². The van der Waals surface area contributed by atoms with Gasteiger partial charge in [0.1, 0.15) is 11.8 Å². The first-order chi connectivity index (χ1) is 13.7. The molecule has 0 unspecified atom stereocenters. The number of nitrogens with zero attached hydrogens (tertiary/aromatic N) is 1. The van der Waals surface area contributed by atoms with Crippen LogP contribution in [0.2, 0.25) is 10.0 Å². The fourth-order valence-electron chi connectivity index (χ4n) is 2.92. The summed E-state index contributed by atoms with van der Waals surface area (Å²) in [5.41, 5.74) is 2.84. The average Bonchev–Trinajstić information content (AvgIpc) is 2.67. The van der Waals surface area contributed by atoms with Crippen LogP contribution in [0.25, 0.3) is 0 Å². The van der Waals surface area contributed by atoms with Gasteiger partial charge >= 0.3 is 0 Å². The van der Waals surface area contributed by atoms with Crippen LogP contribution in [0.5, 0.6) is 5.75 Å². The standard InChI is InChI=1S/C22H26Cl2N2O3/c1-5-25-22(28)16(4)26(12-17-7-8-18(23)19(24)11-17)21(27)13-29-20-9-6-14(2)10-15(20)3/h6-11,16H,5,12-13H2,1-4H3,(H,25,28)/t16-/m1/s1. The predicted octanol–water partition coefficient (Wildman–Crippen LogP) is 4.54. The lowest BCUT2D eigenvalue weighted by atomic mass is 10.1. The number of nitrogens with one attached hydrogen (secondary N) is 1. The van der Waals surface area contributed by atoms with E-state index in [1.165, 1.54) is 4.90 Å². The average molecular weight is 437 g/mol. The van der Waals surface area contributed by atoms with E-state index in [4.69, 9.17) is 27.9 Å². The highest BCUT2D eigenvalue weighted by molar-refractivity contribution is 6.42. The summed E-state index contributed by atoms with van der Waals surface area (Å²) >= 11 is 12.1. The van der Waals surface area contributed by atoms with Crippen molar-refractivity contribution in [3.8, 4) is 5.75 Å². The summed E-state index contributed by atoms with van der Waals surface area (Å²) in [6.45, 7) is 7.97. The van der Waals surface area contributed by atoms with E-state index >= 15 is 0 Å². The van der Waals surface area contributed by atoms with Crippen molar-refractivity contribution in [3.05, 3.63) is 63.1 Å². The number of rotatable bonds is 8. The van der Waals surface area contributed by atoms with Crippen LogP contribution in [-0.4, -0.2) is 35.9 Å². The van der Waals surface area contributed by atoms with Crippen molar-refractivity contribution in [3.63, 3.8) is 0 Å². The molecule has 0 aliphatic carbocycles. The molecular formula is C22H26Cl2N2O3. The van der Waals surface area contributed by atoms with E-state index in [2.05, 4.69) is 5.32 Å². The monoisotopic (exact) mass is 436 g/mol. The molecule has 0 radical (unpaired) electrons. The number of amides is 2. The summed E-state index contributed by atoms with van der Waals surface area (Å²) in [7, 11) is 0. The van der Waals surface area contributed by atoms with E-state index in [1.54, 1.807) is 25.1 Å². The van der Waals surface area contributed by atoms with Gasteiger partial charge in [-0.25, -0.2) is 0 Å². The van der Waals surface area contributed by atoms with E-state index in [0.717, 1.165) is 16.7 Å². The number of likely N-dealkylation sites (N-methyl/N-ethyl adjacent to an activating group) is 1. The lowest BCUT2D eigenvalue weighted by Gasteiger charge is -2.28. The number of carbonyl (C=O) groups is 2. The van der Waals surface area contributed by atoms with Gasteiger partial charge in [-0.1, -0.05) is 47.0 Å². The minimum absolute atomic E-state index is 0.172. The Bertz CT molecular complexity index is 886. The molecule has 0 saturated heterocycles. The minimum atomic E-state index is -0.667. The number of benzene rings is 2. The van der Waals surface area contributed by atoms with Crippen LogP contribution in [0.4, 0.5) is 0 Å². The van der Waals surface area contributed by atoms with Crippen LogP contribution < -0.4 is 10.1 Å². The maximum atomic E-state index is 13.0. The van der Waals surface area contributed by atoms with E-state index in [1.807, 2.05) is 39.0 Å². The minimum Gasteiger partial charge on any atom is -0.483 e. The predicted molar refractivity (Wildman–Crippen MR) is 117 cm³/mol. The topological polar surface area (TPSA) is 58.6 Å². The van der Waals surface area contributed by atoms with Crippen molar-refractivity contribution < 1.29 is 14.3 Å². The van der Waals surface area contributed by atoms with E-state index < -0.39 is 6.04 Å². The summed E-state index contributed by atoms with van der Waals surface area (Å²) in [6, 6.07) is 10.2. The maximum absolute atomic E-state index is 13.0. The maximum Gasteiger partial charge on any atom is 0.261 e. The zero-order chi connectivity index (χ0) is 21.6. The Morgan fingerprint density at radius 1 is 1.10 bits per heavy atom. The molecule has 29 heavy (non-hydrogen) atoms. The number of ether oxygens (including phenoxy) is 1. The highest BCUT2D eigenvalue weighted by Crippen LogP contribution is 2.24. The Kier molecular flexibility index (Phi) is 8.35. The van der Waals surface area contributed by atoms with Crippen molar-refractivity contribution in [2.75, 3.05) is 13.2 Å². The first kappa shape index (κ1) is 23.0. The molecule has 0 heterocycles. The molecule has 5 nitrogen and oxygen atoms in total. The molecule has 0 aliphatic rings. The molecule has 0 fully saturated rings. The Morgan fingerprint density at radius 2 is 1.83 bits per heavy atom. The summed E-state index contributed by atoms with van der Waals surface area (Å²) in [4.78, 5) is 26.8. The molecular weight excluding hydrogens is 411 g/mol. The largest absolute Gasteiger partial charge is 0.483 e. The van der Waals surface area contributed by atoms with E-state index in [9.17, 15) is 9.59 Å². The number of halogens is 2. The van der Waals surface area contributed by atoms with Crippen LogP contribution in [0.3, 0.4) is 0 Å². The summed E-state index contributed by atoms with van der Waals surface area (Å²) in [5.74, 6) is 0.117.